The molecule has 19 heavy (non-hydrogen) atoms. The summed E-state index contributed by atoms with van der Waals surface area (Å²) in [6.07, 6.45) is 0. The maximum absolute atomic E-state index is 6.30. The Balaban J connectivity index is 2.41. The van der Waals surface area contributed by atoms with Crippen LogP contribution in [0.25, 0.3) is 0 Å². The van der Waals surface area contributed by atoms with Gasteiger partial charge in [0.25, 0.3) is 0 Å². The molecule has 0 aliphatic heterocycles. The topological polar surface area (TPSA) is 64.9 Å². The van der Waals surface area contributed by atoms with Crippen molar-refractivity contribution in [2.24, 2.45) is 5.73 Å². The molecule has 1 aromatic heterocycles. The van der Waals surface area contributed by atoms with Gasteiger partial charge in [0.15, 0.2) is 5.82 Å². The maximum Gasteiger partial charge on any atom is 0.229 e. The van der Waals surface area contributed by atoms with Crippen molar-refractivity contribution in [2.45, 2.75) is 46.6 Å². The maximum atomic E-state index is 6.30. The molecule has 0 radical (unpaired) electrons. The fourth-order valence-electron chi connectivity index (χ4n) is 2.42. The predicted molar refractivity (Wildman–Crippen MR) is 75.1 cm³/mol. The highest BCUT2D eigenvalue weighted by Gasteiger charge is 2.20. The summed E-state index contributed by atoms with van der Waals surface area (Å²) >= 11 is 0. The highest BCUT2D eigenvalue weighted by Crippen LogP contribution is 2.26. The van der Waals surface area contributed by atoms with E-state index in [4.69, 9.17) is 10.3 Å². The molecule has 4 nitrogen and oxygen atoms in total. The number of hydrogen-bond donors (Lipinski definition) is 1. The molecule has 1 heterocycles. The molecular formula is C15H21N3O. The molecule has 0 spiro atoms. The van der Waals surface area contributed by atoms with E-state index in [0.717, 1.165) is 5.56 Å². The Morgan fingerprint density at radius 3 is 2.16 bits per heavy atom. The van der Waals surface area contributed by atoms with E-state index in [-0.39, 0.29) is 12.0 Å². The van der Waals surface area contributed by atoms with Crippen molar-refractivity contribution in [2.75, 3.05) is 0 Å². The van der Waals surface area contributed by atoms with Crippen LogP contribution in [0.5, 0.6) is 0 Å². The summed E-state index contributed by atoms with van der Waals surface area (Å²) in [5, 5.41) is 4.01. The number of benzene rings is 1. The molecule has 0 aliphatic carbocycles. The number of nitrogens with zero attached hydrogens (tertiary/aromatic N) is 2. The summed E-state index contributed by atoms with van der Waals surface area (Å²) in [4.78, 5) is 4.39. The lowest BCUT2D eigenvalue weighted by Gasteiger charge is -2.15. The second kappa shape index (κ2) is 5.13. The summed E-state index contributed by atoms with van der Waals surface area (Å²) in [5.74, 6) is 1.40. The minimum absolute atomic E-state index is 0.216. The van der Waals surface area contributed by atoms with E-state index in [2.05, 4.69) is 43.0 Å². The molecule has 2 rings (SSSR count). The Morgan fingerprint density at radius 1 is 1.11 bits per heavy atom. The molecular weight excluding hydrogens is 238 g/mol. The summed E-state index contributed by atoms with van der Waals surface area (Å²) in [6.45, 7) is 10.3. The fraction of sp³-hybridized carbons (Fsp3) is 0.467. The van der Waals surface area contributed by atoms with Gasteiger partial charge in [-0.2, -0.15) is 4.98 Å². The Hall–Kier alpha value is -1.68. The van der Waals surface area contributed by atoms with Crippen LogP contribution in [0.3, 0.4) is 0 Å². The van der Waals surface area contributed by atoms with Crippen LogP contribution < -0.4 is 5.73 Å². The predicted octanol–water partition coefficient (Wildman–Crippen LogP) is 3.17. The van der Waals surface area contributed by atoms with Gasteiger partial charge in [0.1, 0.15) is 0 Å². The molecule has 0 saturated heterocycles. The van der Waals surface area contributed by atoms with Gasteiger partial charge in [-0.3, -0.25) is 0 Å². The summed E-state index contributed by atoms with van der Waals surface area (Å²) in [6, 6.07) is 3.92. The smallest absolute Gasteiger partial charge is 0.229 e. The van der Waals surface area contributed by atoms with Gasteiger partial charge in [0.05, 0.1) is 6.04 Å². The zero-order chi connectivity index (χ0) is 14.2. The second-order valence-electron chi connectivity index (χ2n) is 5.44. The van der Waals surface area contributed by atoms with Crippen LogP contribution in [-0.4, -0.2) is 10.1 Å². The van der Waals surface area contributed by atoms with E-state index >= 15 is 0 Å². The van der Waals surface area contributed by atoms with E-state index in [1.54, 1.807) is 0 Å². The van der Waals surface area contributed by atoms with Gasteiger partial charge in [-0.15, -0.1) is 0 Å². The first-order valence-corrected chi connectivity index (χ1v) is 6.57. The molecule has 0 fully saturated rings. The van der Waals surface area contributed by atoms with Crippen molar-refractivity contribution < 1.29 is 4.52 Å². The molecule has 0 bridgehead atoms. The molecule has 1 aromatic carbocycles. The molecule has 0 aliphatic rings. The normalized spacial score (nSPS) is 13.0. The first-order chi connectivity index (χ1) is 8.90. The summed E-state index contributed by atoms with van der Waals surface area (Å²) in [7, 11) is 0. The van der Waals surface area contributed by atoms with Crippen molar-refractivity contribution >= 4 is 0 Å². The van der Waals surface area contributed by atoms with E-state index < -0.39 is 0 Å². The zero-order valence-electron chi connectivity index (χ0n) is 12.2. The van der Waals surface area contributed by atoms with E-state index in [9.17, 15) is 0 Å². The van der Waals surface area contributed by atoms with E-state index in [1.165, 1.54) is 16.7 Å². The average molecular weight is 259 g/mol. The van der Waals surface area contributed by atoms with Gasteiger partial charge in [0.2, 0.25) is 5.89 Å². The molecule has 2 aromatic rings. The molecule has 0 amide bonds. The first-order valence-electron chi connectivity index (χ1n) is 6.57. The number of rotatable bonds is 3. The van der Waals surface area contributed by atoms with Gasteiger partial charge in [0, 0.05) is 5.92 Å². The molecule has 2 N–H and O–H groups in total. The Kier molecular flexibility index (Phi) is 3.71. The lowest BCUT2D eigenvalue weighted by Crippen LogP contribution is -2.16. The molecule has 0 saturated carbocycles. The minimum Gasteiger partial charge on any atom is -0.339 e. The van der Waals surface area contributed by atoms with Crippen molar-refractivity contribution in [3.63, 3.8) is 0 Å². The number of nitrogens with two attached hydrogens (primary N) is 1. The standard InChI is InChI=1S/C15H21N3O/c1-8(2)15-17-14(18-19-15)13(16)12-10(4)6-9(3)7-11(12)5/h6-8,13H,16H2,1-5H3. The van der Waals surface area contributed by atoms with E-state index in [0.29, 0.717) is 11.7 Å². The third-order valence-electron chi connectivity index (χ3n) is 3.28. The molecule has 102 valence electrons. The quantitative estimate of drug-likeness (QED) is 0.919. The SMILES string of the molecule is Cc1cc(C)c(C(N)c2noc(C(C)C)n2)c(C)c1. The highest BCUT2D eigenvalue weighted by atomic mass is 16.5. The fourth-order valence-corrected chi connectivity index (χ4v) is 2.42. The van der Waals surface area contributed by atoms with E-state index in [1.807, 2.05) is 13.8 Å². The number of aromatic nitrogens is 2. The van der Waals surface area contributed by atoms with Gasteiger partial charge >= 0.3 is 0 Å². The lowest BCUT2D eigenvalue weighted by atomic mass is 9.94. The number of aryl methyl sites for hydroxylation is 3. The largest absolute Gasteiger partial charge is 0.339 e. The summed E-state index contributed by atoms with van der Waals surface area (Å²) in [5.41, 5.74) is 11.0. The monoisotopic (exact) mass is 259 g/mol. The zero-order valence-corrected chi connectivity index (χ0v) is 12.2. The first kappa shape index (κ1) is 13.7. The van der Waals surface area contributed by atoms with Gasteiger partial charge in [-0.05, 0) is 37.5 Å². The van der Waals surface area contributed by atoms with Crippen molar-refractivity contribution in [1.82, 2.24) is 10.1 Å². The minimum atomic E-state index is -0.336. The average Bonchev–Trinajstić information content (AvgIpc) is 2.76. The summed E-state index contributed by atoms with van der Waals surface area (Å²) < 4.78 is 5.23. The Bertz CT molecular complexity index is 564. The number of hydrogen-bond acceptors (Lipinski definition) is 4. The molecule has 1 atom stereocenters. The Morgan fingerprint density at radius 2 is 1.68 bits per heavy atom. The third kappa shape index (κ3) is 2.68. The van der Waals surface area contributed by atoms with Gasteiger partial charge < -0.3 is 10.3 Å². The third-order valence-corrected chi connectivity index (χ3v) is 3.28. The molecule has 1 unspecified atom stereocenters. The van der Waals surface area contributed by atoms with Gasteiger partial charge in [-0.25, -0.2) is 0 Å². The lowest BCUT2D eigenvalue weighted by molar-refractivity contribution is 0.359. The second-order valence-corrected chi connectivity index (χ2v) is 5.44. The van der Waals surface area contributed by atoms with Crippen LogP contribution >= 0.6 is 0 Å². The van der Waals surface area contributed by atoms with Crippen LogP contribution in [0.1, 0.15) is 59.8 Å². The van der Waals surface area contributed by atoms with Crippen LogP contribution in [0.4, 0.5) is 0 Å². The van der Waals surface area contributed by atoms with Crippen molar-refractivity contribution in [1.29, 1.82) is 0 Å². The van der Waals surface area contributed by atoms with Crippen LogP contribution in [0, 0.1) is 20.8 Å². The van der Waals surface area contributed by atoms with Gasteiger partial charge in [-0.1, -0.05) is 36.7 Å². The van der Waals surface area contributed by atoms with Crippen LogP contribution in [0.2, 0.25) is 0 Å². The van der Waals surface area contributed by atoms with Crippen LogP contribution in [0.15, 0.2) is 16.7 Å². The van der Waals surface area contributed by atoms with Crippen LogP contribution in [-0.2, 0) is 0 Å². The Labute approximate surface area is 114 Å². The highest BCUT2D eigenvalue weighted by molar-refractivity contribution is 5.41. The van der Waals surface area contributed by atoms with Crippen molar-refractivity contribution in [3.8, 4) is 0 Å². The molecule has 4 heteroatoms. The van der Waals surface area contributed by atoms with Crippen molar-refractivity contribution in [3.05, 3.63) is 46.1 Å².